The van der Waals surface area contributed by atoms with Crippen LogP contribution in [0.15, 0.2) is 60.7 Å². The number of aromatic nitrogens is 2. The smallest absolute Gasteiger partial charge is 0.410 e. The highest BCUT2D eigenvalue weighted by Crippen LogP contribution is 2.34. The van der Waals surface area contributed by atoms with Crippen molar-refractivity contribution in [1.29, 1.82) is 5.26 Å². The van der Waals surface area contributed by atoms with Crippen LogP contribution < -0.4 is 9.64 Å². The van der Waals surface area contributed by atoms with Crippen molar-refractivity contribution >= 4 is 29.4 Å². The lowest BCUT2D eigenvalue weighted by atomic mass is 9.93. The molecule has 3 aromatic rings. The Bertz CT molecular complexity index is 1410. The molecule has 1 aromatic heterocycles. The number of hydrogen-bond donors (Lipinski definition) is 0. The zero-order chi connectivity index (χ0) is 28.9. The molecule has 0 radical (unpaired) electrons. The molecule has 2 atom stereocenters. The van der Waals surface area contributed by atoms with Crippen molar-refractivity contribution in [3.8, 4) is 11.8 Å². The third-order valence-corrected chi connectivity index (χ3v) is 8.08. The maximum atomic E-state index is 13.8. The molecule has 2 saturated heterocycles. The van der Waals surface area contributed by atoms with E-state index in [1.807, 2.05) is 42.2 Å². The third kappa shape index (κ3) is 6.41. The zero-order valence-electron chi connectivity index (χ0n) is 22.6. The second kappa shape index (κ2) is 12.5. The molecule has 3 heterocycles. The molecule has 0 unspecified atom stereocenters. The Morgan fingerprint density at radius 3 is 2.37 bits per heavy atom. The molecule has 2 amide bonds. The van der Waals surface area contributed by atoms with Crippen molar-refractivity contribution in [3.05, 3.63) is 82.8 Å². The number of halogens is 2. The van der Waals surface area contributed by atoms with Crippen LogP contribution in [0, 0.1) is 23.1 Å². The first kappa shape index (κ1) is 28.3. The first-order chi connectivity index (χ1) is 19.9. The van der Waals surface area contributed by atoms with Crippen LogP contribution in [0.2, 0.25) is 5.02 Å². The number of benzene rings is 2. The molecule has 2 fully saturated rings. The summed E-state index contributed by atoms with van der Waals surface area (Å²) < 4.78 is 18.9. The summed E-state index contributed by atoms with van der Waals surface area (Å²) in [5.41, 5.74) is 1.25. The molecule has 11 heteroatoms. The summed E-state index contributed by atoms with van der Waals surface area (Å²) in [6.07, 6.45) is 0.781. The van der Waals surface area contributed by atoms with Crippen LogP contribution in [0.3, 0.4) is 0 Å². The average molecular weight is 577 g/mol. The van der Waals surface area contributed by atoms with Crippen molar-refractivity contribution in [2.75, 3.05) is 37.6 Å². The molecule has 41 heavy (non-hydrogen) atoms. The maximum Gasteiger partial charge on any atom is 0.415 e. The highest BCUT2D eigenvalue weighted by Gasteiger charge is 2.43. The minimum Gasteiger partial charge on any atom is -0.410 e. The minimum absolute atomic E-state index is 0.0694. The predicted octanol–water partition coefficient (Wildman–Crippen LogP) is 4.87. The van der Waals surface area contributed by atoms with E-state index in [2.05, 4.69) is 15.1 Å². The van der Waals surface area contributed by atoms with Gasteiger partial charge in [0.15, 0.2) is 11.5 Å². The fourth-order valence-electron chi connectivity index (χ4n) is 5.65. The number of rotatable bonds is 6. The number of ether oxygens (including phenoxy) is 1. The van der Waals surface area contributed by atoms with E-state index in [0.29, 0.717) is 56.4 Å². The topological polar surface area (TPSA) is 103 Å². The first-order valence-electron chi connectivity index (χ1n) is 13.6. The molecule has 0 saturated carbocycles. The molecule has 0 aliphatic carbocycles. The summed E-state index contributed by atoms with van der Waals surface area (Å²) in [5.74, 6) is 0.315. The van der Waals surface area contributed by atoms with Gasteiger partial charge in [-0.25, -0.2) is 9.18 Å². The molecule has 2 aliphatic rings. The molecule has 5 rings (SSSR count). The van der Waals surface area contributed by atoms with Gasteiger partial charge in [-0.05, 0) is 73.9 Å². The van der Waals surface area contributed by atoms with E-state index in [-0.39, 0.29) is 35.2 Å². The number of carbonyl (C=O) groups is 2. The van der Waals surface area contributed by atoms with E-state index < -0.39 is 11.9 Å². The van der Waals surface area contributed by atoms with Crippen molar-refractivity contribution < 1.29 is 18.7 Å². The Hall–Kier alpha value is -4.23. The number of nitrogens with zero attached hydrogens (tertiary/aromatic N) is 6. The lowest BCUT2D eigenvalue weighted by molar-refractivity contribution is -0.135. The Kier molecular flexibility index (Phi) is 8.64. The standard InChI is InChI=1S/C30H30ClFN6O3/c1-2-38(30(40)41-25-10-7-23(32)8-11-25)27-19-37(18-26(27)20-3-5-22(31)6-4-20)29(39)21-13-15-36(16-14-21)28-12-9-24(17-33)34-35-28/h3-12,21,26-27H,2,13-16,18-19H2,1H3/t26-,27+/m0/s1. The van der Waals surface area contributed by atoms with Crippen molar-refractivity contribution in [2.45, 2.75) is 31.7 Å². The van der Waals surface area contributed by atoms with Gasteiger partial charge in [0.05, 0.1) is 6.04 Å². The molecule has 212 valence electrons. The quantitative estimate of drug-likeness (QED) is 0.412. The van der Waals surface area contributed by atoms with Gasteiger partial charge in [-0.15, -0.1) is 10.2 Å². The van der Waals surface area contributed by atoms with Crippen LogP contribution in [0.25, 0.3) is 0 Å². The molecule has 2 aliphatic heterocycles. The van der Waals surface area contributed by atoms with Crippen molar-refractivity contribution in [2.24, 2.45) is 5.92 Å². The monoisotopic (exact) mass is 576 g/mol. The number of nitriles is 1. The number of amides is 2. The Morgan fingerprint density at radius 2 is 1.76 bits per heavy atom. The number of piperidine rings is 1. The van der Waals surface area contributed by atoms with Gasteiger partial charge in [0.2, 0.25) is 5.91 Å². The summed E-state index contributed by atoms with van der Waals surface area (Å²) >= 11 is 6.15. The fourth-order valence-corrected chi connectivity index (χ4v) is 5.77. The van der Waals surface area contributed by atoms with Crippen LogP contribution in [0.5, 0.6) is 5.75 Å². The molecule has 0 N–H and O–H groups in total. The van der Waals surface area contributed by atoms with Gasteiger partial charge in [-0.3, -0.25) is 4.79 Å². The van der Waals surface area contributed by atoms with Crippen LogP contribution in [0.1, 0.15) is 36.9 Å². The van der Waals surface area contributed by atoms with E-state index in [4.69, 9.17) is 21.6 Å². The molecular weight excluding hydrogens is 547 g/mol. The number of likely N-dealkylation sites (tertiary alicyclic amines) is 1. The van der Waals surface area contributed by atoms with Gasteiger partial charge in [-0.2, -0.15) is 5.26 Å². The van der Waals surface area contributed by atoms with Gasteiger partial charge in [-0.1, -0.05) is 23.7 Å². The van der Waals surface area contributed by atoms with Crippen LogP contribution >= 0.6 is 11.6 Å². The summed E-state index contributed by atoms with van der Waals surface area (Å²) in [5, 5.41) is 17.6. The summed E-state index contributed by atoms with van der Waals surface area (Å²) in [6, 6.07) is 17.9. The van der Waals surface area contributed by atoms with E-state index in [9.17, 15) is 14.0 Å². The van der Waals surface area contributed by atoms with Gasteiger partial charge in [0.1, 0.15) is 17.6 Å². The summed E-state index contributed by atoms with van der Waals surface area (Å²) in [4.78, 5) is 32.6. The highest BCUT2D eigenvalue weighted by atomic mass is 35.5. The lowest BCUT2D eigenvalue weighted by Gasteiger charge is -2.34. The van der Waals surface area contributed by atoms with E-state index in [1.54, 1.807) is 17.0 Å². The number of likely N-dealkylation sites (N-methyl/N-ethyl adjacent to an activating group) is 1. The van der Waals surface area contributed by atoms with Gasteiger partial charge >= 0.3 is 6.09 Å². The van der Waals surface area contributed by atoms with E-state index >= 15 is 0 Å². The molecule has 9 nitrogen and oxygen atoms in total. The summed E-state index contributed by atoms with van der Waals surface area (Å²) in [6.45, 7) is 4.39. The zero-order valence-corrected chi connectivity index (χ0v) is 23.4. The maximum absolute atomic E-state index is 13.8. The third-order valence-electron chi connectivity index (χ3n) is 7.83. The van der Waals surface area contributed by atoms with Gasteiger partial charge < -0.3 is 19.4 Å². The number of anilines is 1. The molecule has 0 bridgehead atoms. The second-order valence-electron chi connectivity index (χ2n) is 10.2. The largest absolute Gasteiger partial charge is 0.415 e. The van der Waals surface area contributed by atoms with Gasteiger partial charge in [0.25, 0.3) is 0 Å². The molecule has 0 spiro atoms. The Labute approximate surface area is 243 Å². The molecule has 2 aromatic carbocycles. The van der Waals surface area contributed by atoms with Gasteiger partial charge in [0, 0.05) is 49.6 Å². The van der Waals surface area contributed by atoms with Crippen molar-refractivity contribution in [1.82, 2.24) is 20.0 Å². The lowest BCUT2D eigenvalue weighted by Crippen LogP contribution is -2.47. The fraction of sp³-hybridized carbons (Fsp3) is 0.367. The Morgan fingerprint density at radius 1 is 1.05 bits per heavy atom. The number of hydrogen-bond acceptors (Lipinski definition) is 7. The Balaban J connectivity index is 1.30. The van der Waals surface area contributed by atoms with Crippen LogP contribution in [-0.2, 0) is 4.79 Å². The second-order valence-corrected chi connectivity index (χ2v) is 10.7. The molecular formula is C30H30ClFN6O3. The van der Waals surface area contributed by atoms with Crippen molar-refractivity contribution in [3.63, 3.8) is 0 Å². The van der Waals surface area contributed by atoms with Crippen LogP contribution in [0.4, 0.5) is 15.0 Å². The SMILES string of the molecule is CCN(C(=O)Oc1ccc(F)cc1)[C@@H]1CN(C(=O)C2CCN(c3ccc(C#N)nn3)CC2)C[C@H]1c1ccc(Cl)cc1. The summed E-state index contributed by atoms with van der Waals surface area (Å²) in [7, 11) is 0. The first-order valence-corrected chi connectivity index (χ1v) is 14.0. The number of carbonyl (C=O) groups excluding carboxylic acids is 2. The average Bonchev–Trinajstić information content (AvgIpc) is 3.44. The van der Waals surface area contributed by atoms with E-state index in [1.165, 1.54) is 24.3 Å². The highest BCUT2D eigenvalue weighted by molar-refractivity contribution is 6.30. The minimum atomic E-state index is -0.547. The van der Waals surface area contributed by atoms with Crippen LogP contribution in [-0.4, -0.2) is 70.8 Å². The normalized spacial score (nSPS) is 19.1. The van der Waals surface area contributed by atoms with E-state index in [0.717, 1.165) is 5.56 Å². The predicted molar refractivity (Wildman–Crippen MR) is 151 cm³/mol.